The number of aromatic hydroxyl groups is 1. The number of benzene rings is 2. The van der Waals surface area contributed by atoms with Crippen molar-refractivity contribution >= 4 is 22.9 Å². The van der Waals surface area contributed by atoms with Crippen LogP contribution in [0.5, 0.6) is 5.75 Å². The van der Waals surface area contributed by atoms with Gasteiger partial charge < -0.3 is 10.0 Å². The van der Waals surface area contributed by atoms with E-state index < -0.39 is 0 Å². The molecule has 1 aromatic heterocycles. The number of rotatable bonds is 3. The molecule has 3 aromatic rings. The summed E-state index contributed by atoms with van der Waals surface area (Å²) in [5.41, 5.74) is 3.21. The summed E-state index contributed by atoms with van der Waals surface area (Å²) in [5.74, 6) is 0.0708. The standard InChI is InChI=1S/C18H16N2O2S/c1-12-5-3-4-6-16(12)20(2)18(22)15-11-23-17(19-15)13-7-9-14(21)10-8-13/h3-11,21H,1-2H3. The van der Waals surface area contributed by atoms with Crippen molar-refractivity contribution in [2.24, 2.45) is 0 Å². The summed E-state index contributed by atoms with van der Waals surface area (Å²) < 4.78 is 0. The van der Waals surface area contributed by atoms with E-state index >= 15 is 0 Å². The van der Waals surface area contributed by atoms with E-state index in [9.17, 15) is 9.90 Å². The van der Waals surface area contributed by atoms with Crippen LogP contribution in [-0.4, -0.2) is 23.0 Å². The number of anilines is 1. The number of hydrogen-bond acceptors (Lipinski definition) is 4. The molecule has 1 heterocycles. The SMILES string of the molecule is Cc1ccccc1N(C)C(=O)c1csc(-c2ccc(O)cc2)n1. The van der Waals surface area contributed by atoms with Gasteiger partial charge in [0.05, 0.1) is 0 Å². The molecule has 0 fully saturated rings. The van der Waals surface area contributed by atoms with E-state index in [1.165, 1.54) is 11.3 Å². The molecule has 1 N–H and O–H groups in total. The van der Waals surface area contributed by atoms with E-state index in [0.29, 0.717) is 5.69 Å². The van der Waals surface area contributed by atoms with Crippen molar-refractivity contribution in [1.82, 2.24) is 4.98 Å². The van der Waals surface area contributed by atoms with E-state index in [0.717, 1.165) is 21.8 Å². The monoisotopic (exact) mass is 324 g/mol. The Kier molecular flexibility index (Phi) is 4.12. The van der Waals surface area contributed by atoms with Gasteiger partial charge in [0.2, 0.25) is 0 Å². The maximum absolute atomic E-state index is 12.6. The van der Waals surface area contributed by atoms with Gasteiger partial charge in [-0.3, -0.25) is 4.79 Å². The fraction of sp³-hybridized carbons (Fsp3) is 0.111. The van der Waals surface area contributed by atoms with Gasteiger partial charge in [0.25, 0.3) is 5.91 Å². The molecule has 0 radical (unpaired) electrons. The Bertz CT molecular complexity index is 840. The Morgan fingerprint density at radius 1 is 1.13 bits per heavy atom. The number of phenolic OH excluding ortho intramolecular Hbond substituents is 1. The molecule has 23 heavy (non-hydrogen) atoms. The Balaban J connectivity index is 1.86. The van der Waals surface area contributed by atoms with Crippen molar-refractivity contribution < 1.29 is 9.90 Å². The largest absolute Gasteiger partial charge is 0.508 e. The minimum atomic E-state index is -0.138. The first-order chi connectivity index (χ1) is 11.1. The van der Waals surface area contributed by atoms with Gasteiger partial charge in [-0.25, -0.2) is 4.98 Å². The first-order valence-corrected chi connectivity index (χ1v) is 8.03. The number of para-hydroxylation sites is 1. The third-order valence-electron chi connectivity index (χ3n) is 3.62. The smallest absolute Gasteiger partial charge is 0.277 e. The topological polar surface area (TPSA) is 53.4 Å². The van der Waals surface area contributed by atoms with Crippen LogP contribution >= 0.6 is 11.3 Å². The lowest BCUT2D eigenvalue weighted by Crippen LogP contribution is -2.27. The predicted molar refractivity (Wildman–Crippen MR) is 93.1 cm³/mol. The fourth-order valence-electron chi connectivity index (χ4n) is 2.33. The lowest BCUT2D eigenvalue weighted by atomic mass is 10.2. The summed E-state index contributed by atoms with van der Waals surface area (Å²) >= 11 is 1.41. The van der Waals surface area contributed by atoms with E-state index in [1.807, 2.05) is 31.2 Å². The molecule has 0 aliphatic heterocycles. The zero-order valence-electron chi connectivity index (χ0n) is 12.9. The normalized spacial score (nSPS) is 10.5. The van der Waals surface area contributed by atoms with Crippen LogP contribution in [0.4, 0.5) is 5.69 Å². The van der Waals surface area contributed by atoms with Gasteiger partial charge >= 0.3 is 0 Å². The number of hydrogen-bond donors (Lipinski definition) is 1. The number of aromatic nitrogens is 1. The highest BCUT2D eigenvalue weighted by atomic mass is 32.1. The van der Waals surface area contributed by atoms with Crippen molar-refractivity contribution in [1.29, 1.82) is 0 Å². The Morgan fingerprint density at radius 3 is 2.52 bits per heavy atom. The molecule has 0 saturated heterocycles. The third-order valence-corrected chi connectivity index (χ3v) is 4.51. The molecular weight excluding hydrogens is 308 g/mol. The molecule has 0 atom stereocenters. The van der Waals surface area contributed by atoms with Gasteiger partial charge in [-0.05, 0) is 42.8 Å². The summed E-state index contributed by atoms with van der Waals surface area (Å²) in [6.07, 6.45) is 0. The van der Waals surface area contributed by atoms with Crippen LogP contribution in [0.3, 0.4) is 0 Å². The van der Waals surface area contributed by atoms with E-state index in [4.69, 9.17) is 0 Å². The van der Waals surface area contributed by atoms with Crippen LogP contribution in [0.15, 0.2) is 53.9 Å². The zero-order valence-corrected chi connectivity index (χ0v) is 13.7. The zero-order chi connectivity index (χ0) is 16.4. The van der Waals surface area contributed by atoms with Gasteiger partial charge in [0.15, 0.2) is 0 Å². The summed E-state index contributed by atoms with van der Waals surface area (Å²) in [7, 11) is 1.75. The molecule has 0 bridgehead atoms. The second-order valence-electron chi connectivity index (χ2n) is 5.24. The Labute approximate surface area is 138 Å². The molecule has 116 valence electrons. The molecule has 0 saturated carbocycles. The molecule has 4 nitrogen and oxygen atoms in total. The molecule has 3 rings (SSSR count). The average Bonchev–Trinajstić information content (AvgIpc) is 3.04. The van der Waals surface area contributed by atoms with Crippen LogP contribution in [0.25, 0.3) is 10.6 Å². The van der Waals surface area contributed by atoms with Crippen LogP contribution in [0, 0.1) is 6.92 Å². The van der Waals surface area contributed by atoms with E-state index in [2.05, 4.69) is 4.98 Å². The van der Waals surface area contributed by atoms with Gasteiger partial charge in [-0.15, -0.1) is 11.3 Å². The van der Waals surface area contributed by atoms with Crippen LogP contribution in [-0.2, 0) is 0 Å². The van der Waals surface area contributed by atoms with Crippen molar-refractivity contribution in [2.75, 3.05) is 11.9 Å². The summed E-state index contributed by atoms with van der Waals surface area (Å²) in [4.78, 5) is 18.7. The first kappa shape index (κ1) is 15.2. The maximum Gasteiger partial charge on any atom is 0.277 e. The first-order valence-electron chi connectivity index (χ1n) is 7.15. The van der Waals surface area contributed by atoms with E-state index in [-0.39, 0.29) is 11.7 Å². The molecular formula is C18H16N2O2S. The quantitative estimate of drug-likeness (QED) is 0.789. The second-order valence-corrected chi connectivity index (χ2v) is 6.09. The number of thiazole rings is 1. The molecule has 2 aromatic carbocycles. The maximum atomic E-state index is 12.6. The minimum Gasteiger partial charge on any atom is -0.508 e. The van der Waals surface area contributed by atoms with Crippen molar-refractivity contribution in [3.63, 3.8) is 0 Å². The van der Waals surface area contributed by atoms with Crippen LogP contribution in [0.2, 0.25) is 0 Å². The third kappa shape index (κ3) is 3.10. The molecule has 0 unspecified atom stereocenters. The van der Waals surface area contributed by atoms with Crippen molar-refractivity contribution in [3.8, 4) is 16.3 Å². The number of phenols is 1. The van der Waals surface area contributed by atoms with Gasteiger partial charge in [0, 0.05) is 23.7 Å². The van der Waals surface area contributed by atoms with Gasteiger partial charge in [-0.1, -0.05) is 18.2 Å². The number of carbonyl (C=O) groups excluding carboxylic acids is 1. The fourth-order valence-corrected chi connectivity index (χ4v) is 3.13. The van der Waals surface area contributed by atoms with Gasteiger partial charge in [0.1, 0.15) is 16.5 Å². The number of aryl methyl sites for hydroxylation is 1. The highest BCUT2D eigenvalue weighted by Gasteiger charge is 2.18. The average molecular weight is 324 g/mol. The van der Waals surface area contributed by atoms with Crippen molar-refractivity contribution in [3.05, 3.63) is 65.2 Å². The summed E-state index contributed by atoms with van der Waals surface area (Å²) in [6.45, 7) is 1.97. The minimum absolute atomic E-state index is 0.138. The molecule has 1 amide bonds. The van der Waals surface area contributed by atoms with Gasteiger partial charge in [-0.2, -0.15) is 0 Å². The molecule has 5 heteroatoms. The second kappa shape index (κ2) is 6.22. The molecule has 0 spiro atoms. The highest BCUT2D eigenvalue weighted by molar-refractivity contribution is 7.13. The highest BCUT2D eigenvalue weighted by Crippen LogP contribution is 2.27. The predicted octanol–water partition coefficient (Wildman–Crippen LogP) is 4.10. The van der Waals surface area contributed by atoms with Crippen LogP contribution in [0.1, 0.15) is 16.1 Å². The summed E-state index contributed by atoms with van der Waals surface area (Å²) in [5, 5.41) is 11.9. The molecule has 0 aliphatic rings. The lowest BCUT2D eigenvalue weighted by Gasteiger charge is -2.18. The number of nitrogens with zero attached hydrogens (tertiary/aromatic N) is 2. The number of carbonyl (C=O) groups is 1. The summed E-state index contributed by atoms with van der Waals surface area (Å²) in [6, 6.07) is 14.5. The van der Waals surface area contributed by atoms with Crippen LogP contribution < -0.4 is 4.90 Å². The lowest BCUT2D eigenvalue weighted by molar-refractivity contribution is 0.0989. The molecule has 0 aliphatic carbocycles. The Morgan fingerprint density at radius 2 is 1.83 bits per heavy atom. The van der Waals surface area contributed by atoms with Crippen molar-refractivity contribution in [2.45, 2.75) is 6.92 Å². The Hall–Kier alpha value is -2.66. The number of amides is 1. The van der Waals surface area contributed by atoms with E-state index in [1.54, 1.807) is 41.6 Å².